The van der Waals surface area contributed by atoms with E-state index in [-0.39, 0.29) is 11.9 Å². The van der Waals surface area contributed by atoms with Gasteiger partial charge in [0, 0.05) is 48.2 Å². The normalized spacial score (nSPS) is 15.9. The molecule has 1 fully saturated rings. The number of piperidine rings is 1. The lowest BCUT2D eigenvalue weighted by Crippen LogP contribution is -2.44. The number of rotatable bonds is 6. The van der Waals surface area contributed by atoms with Gasteiger partial charge in [-0.15, -0.1) is 0 Å². The van der Waals surface area contributed by atoms with Crippen molar-refractivity contribution in [2.75, 3.05) is 18.4 Å². The van der Waals surface area contributed by atoms with E-state index in [4.69, 9.17) is 4.74 Å². The van der Waals surface area contributed by atoms with Crippen molar-refractivity contribution in [1.29, 1.82) is 0 Å². The van der Waals surface area contributed by atoms with Crippen LogP contribution in [-0.2, 0) is 4.79 Å². The predicted octanol–water partition coefficient (Wildman–Crippen LogP) is 5.61. The van der Waals surface area contributed by atoms with Crippen molar-refractivity contribution >= 4 is 22.6 Å². The molecule has 0 bridgehead atoms. The summed E-state index contributed by atoms with van der Waals surface area (Å²) in [7, 11) is 0. The topological polar surface area (TPSA) is 70.2 Å². The number of pyridine rings is 1. The van der Waals surface area contributed by atoms with Crippen molar-refractivity contribution in [3.8, 4) is 22.6 Å². The van der Waals surface area contributed by atoms with E-state index in [2.05, 4.69) is 27.9 Å². The number of para-hydroxylation sites is 1. The first-order valence-corrected chi connectivity index (χ1v) is 11.2. The molecule has 1 amide bonds. The van der Waals surface area contributed by atoms with E-state index < -0.39 is 0 Å². The zero-order chi connectivity index (χ0) is 22.6. The number of amides is 1. The Kier molecular flexibility index (Phi) is 5.81. The number of carbonyl (C=O) groups is 1. The monoisotopic (exact) mass is 438 g/mol. The third-order valence-electron chi connectivity index (χ3n) is 5.96. The van der Waals surface area contributed by atoms with Crippen LogP contribution in [0.15, 0.2) is 85.7 Å². The summed E-state index contributed by atoms with van der Waals surface area (Å²) in [5.41, 5.74) is 3.91. The third-order valence-corrected chi connectivity index (χ3v) is 5.96. The molecule has 1 atom stereocenters. The largest absolute Gasteiger partial charge is 0.457 e. The molecule has 6 heteroatoms. The molecule has 3 heterocycles. The molecule has 33 heavy (non-hydrogen) atoms. The number of hydrogen-bond acceptors (Lipinski definition) is 4. The van der Waals surface area contributed by atoms with Crippen LogP contribution in [0.5, 0.6) is 11.5 Å². The van der Waals surface area contributed by atoms with Gasteiger partial charge in [-0.2, -0.15) is 0 Å². The Morgan fingerprint density at radius 3 is 2.85 bits per heavy atom. The summed E-state index contributed by atoms with van der Waals surface area (Å²) < 4.78 is 6.04. The molecule has 0 saturated carbocycles. The summed E-state index contributed by atoms with van der Waals surface area (Å²) in [4.78, 5) is 21.8. The highest BCUT2D eigenvalue weighted by Gasteiger charge is 2.23. The van der Waals surface area contributed by atoms with Gasteiger partial charge in [0.1, 0.15) is 17.1 Å². The summed E-state index contributed by atoms with van der Waals surface area (Å²) >= 11 is 0. The van der Waals surface area contributed by atoms with E-state index in [0.29, 0.717) is 6.54 Å². The van der Waals surface area contributed by atoms with Crippen LogP contribution in [-0.4, -0.2) is 39.9 Å². The SMILES string of the molecule is C=CC(=O)N1CCCC(Nc2ccnc3[nH]cc(-c4cccc(Oc5ccccc5)c4)c23)C1. The zero-order valence-corrected chi connectivity index (χ0v) is 18.3. The first-order valence-electron chi connectivity index (χ1n) is 11.2. The van der Waals surface area contributed by atoms with Crippen molar-refractivity contribution in [3.05, 3.63) is 85.7 Å². The highest BCUT2D eigenvalue weighted by atomic mass is 16.5. The number of nitrogens with zero attached hydrogens (tertiary/aromatic N) is 2. The average Bonchev–Trinajstić information content (AvgIpc) is 3.30. The molecular weight excluding hydrogens is 412 g/mol. The van der Waals surface area contributed by atoms with Crippen molar-refractivity contribution in [2.24, 2.45) is 0 Å². The maximum atomic E-state index is 12.1. The van der Waals surface area contributed by atoms with E-state index in [1.807, 2.05) is 65.7 Å². The lowest BCUT2D eigenvalue weighted by atomic mass is 10.0. The van der Waals surface area contributed by atoms with Crippen LogP contribution >= 0.6 is 0 Å². The van der Waals surface area contributed by atoms with Crippen LogP contribution in [0.1, 0.15) is 12.8 Å². The van der Waals surface area contributed by atoms with E-state index in [1.165, 1.54) is 6.08 Å². The molecular formula is C27H26N4O2. The minimum Gasteiger partial charge on any atom is -0.457 e. The number of fused-ring (bicyclic) bond motifs is 1. The molecule has 166 valence electrons. The van der Waals surface area contributed by atoms with Gasteiger partial charge in [-0.25, -0.2) is 4.98 Å². The molecule has 2 aromatic carbocycles. The summed E-state index contributed by atoms with van der Waals surface area (Å²) in [6.45, 7) is 5.06. The van der Waals surface area contributed by atoms with Crippen LogP contribution in [0.25, 0.3) is 22.2 Å². The molecule has 0 spiro atoms. The van der Waals surface area contributed by atoms with Gasteiger partial charge in [0.2, 0.25) is 5.91 Å². The average molecular weight is 439 g/mol. The molecule has 0 radical (unpaired) electrons. The van der Waals surface area contributed by atoms with Gasteiger partial charge < -0.3 is 19.9 Å². The minimum absolute atomic E-state index is 0.0149. The number of aromatic nitrogens is 2. The van der Waals surface area contributed by atoms with Crippen molar-refractivity contribution in [1.82, 2.24) is 14.9 Å². The Morgan fingerprint density at radius 2 is 2.00 bits per heavy atom. The van der Waals surface area contributed by atoms with Crippen LogP contribution in [0.2, 0.25) is 0 Å². The molecule has 1 aliphatic rings. The Bertz CT molecular complexity index is 1280. The molecule has 1 aliphatic heterocycles. The van der Waals surface area contributed by atoms with E-state index in [1.54, 1.807) is 6.20 Å². The van der Waals surface area contributed by atoms with E-state index in [0.717, 1.165) is 58.7 Å². The number of aromatic amines is 1. The van der Waals surface area contributed by atoms with Crippen LogP contribution < -0.4 is 10.1 Å². The molecule has 1 unspecified atom stereocenters. The standard InChI is InChI=1S/C27H26N4O2/c1-2-25(32)31-15-7-9-20(18-31)30-24-13-14-28-27-26(24)23(17-29-27)19-8-6-12-22(16-19)33-21-10-4-3-5-11-21/h2-6,8,10-14,16-17,20H,1,7,9,15,18H2,(H2,28,29,30). The van der Waals surface area contributed by atoms with Gasteiger partial charge in [0.15, 0.2) is 0 Å². The Hall–Kier alpha value is -4.06. The first-order chi connectivity index (χ1) is 16.2. The van der Waals surface area contributed by atoms with Crippen molar-refractivity contribution in [3.63, 3.8) is 0 Å². The van der Waals surface area contributed by atoms with Gasteiger partial charge in [0.05, 0.1) is 0 Å². The molecule has 6 nitrogen and oxygen atoms in total. The van der Waals surface area contributed by atoms with Gasteiger partial charge in [0.25, 0.3) is 0 Å². The highest BCUT2D eigenvalue weighted by Crippen LogP contribution is 2.36. The fraction of sp³-hybridized carbons (Fsp3) is 0.185. The maximum absolute atomic E-state index is 12.1. The lowest BCUT2D eigenvalue weighted by molar-refractivity contribution is -0.127. The third kappa shape index (κ3) is 4.46. The molecule has 2 aromatic heterocycles. The Labute approximate surface area is 192 Å². The molecule has 0 aliphatic carbocycles. The number of benzene rings is 2. The summed E-state index contributed by atoms with van der Waals surface area (Å²) in [6.07, 6.45) is 7.14. The molecule has 4 aromatic rings. The predicted molar refractivity (Wildman–Crippen MR) is 131 cm³/mol. The van der Waals surface area contributed by atoms with Crippen LogP contribution in [0.4, 0.5) is 5.69 Å². The quantitative estimate of drug-likeness (QED) is 0.384. The van der Waals surface area contributed by atoms with E-state index >= 15 is 0 Å². The Morgan fingerprint density at radius 1 is 1.15 bits per heavy atom. The number of carbonyl (C=O) groups excluding carboxylic acids is 1. The lowest BCUT2D eigenvalue weighted by Gasteiger charge is -2.33. The van der Waals surface area contributed by atoms with Gasteiger partial charge >= 0.3 is 0 Å². The maximum Gasteiger partial charge on any atom is 0.246 e. The number of likely N-dealkylation sites (tertiary alicyclic amines) is 1. The van der Waals surface area contributed by atoms with Crippen molar-refractivity contribution < 1.29 is 9.53 Å². The number of H-pyrrole nitrogens is 1. The second kappa shape index (κ2) is 9.20. The van der Waals surface area contributed by atoms with Crippen molar-refractivity contribution in [2.45, 2.75) is 18.9 Å². The molecule has 1 saturated heterocycles. The number of anilines is 1. The minimum atomic E-state index is -0.0149. The summed E-state index contributed by atoms with van der Waals surface area (Å²) in [6, 6.07) is 20.0. The Balaban J connectivity index is 1.44. The second-order valence-corrected chi connectivity index (χ2v) is 8.20. The number of hydrogen-bond donors (Lipinski definition) is 2. The first kappa shape index (κ1) is 20.8. The van der Waals surface area contributed by atoms with Gasteiger partial charge in [-0.05, 0) is 54.8 Å². The van der Waals surface area contributed by atoms with Crippen LogP contribution in [0.3, 0.4) is 0 Å². The fourth-order valence-corrected chi connectivity index (χ4v) is 4.40. The van der Waals surface area contributed by atoms with Gasteiger partial charge in [-0.1, -0.05) is 36.9 Å². The smallest absolute Gasteiger partial charge is 0.246 e. The van der Waals surface area contributed by atoms with Gasteiger partial charge in [-0.3, -0.25) is 4.79 Å². The number of nitrogens with one attached hydrogen (secondary N) is 2. The summed E-state index contributed by atoms with van der Waals surface area (Å²) in [5, 5.41) is 4.69. The molecule has 5 rings (SSSR count). The van der Waals surface area contributed by atoms with E-state index in [9.17, 15) is 4.79 Å². The zero-order valence-electron chi connectivity index (χ0n) is 18.3. The summed E-state index contributed by atoms with van der Waals surface area (Å²) in [5.74, 6) is 1.56. The fourth-order valence-electron chi connectivity index (χ4n) is 4.40. The van der Waals surface area contributed by atoms with Crippen LogP contribution in [0, 0.1) is 0 Å². The second-order valence-electron chi connectivity index (χ2n) is 8.20. The highest BCUT2D eigenvalue weighted by molar-refractivity contribution is 6.02. The number of ether oxygens (including phenoxy) is 1. The molecule has 2 N–H and O–H groups in total.